The van der Waals surface area contributed by atoms with Crippen LogP contribution in [0.3, 0.4) is 0 Å². The number of ether oxygens (including phenoxy) is 3. The Kier molecular flexibility index (Phi) is 15.0. The molecule has 12 nitrogen and oxygen atoms in total. The van der Waals surface area contributed by atoms with E-state index in [1.54, 1.807) is 0 Å². The lowest BCUT2D eigenvalue weighted by atomic mass is 9.93. The highest BCUT2D eigenvalue weighted by atomic mass is 80.0. The first-order chi connectivity index (χ1) is 18.1. The number of nitrogens with one attached hydrogen (secondary N) is 3. The molecule has 3 amide bonds. The van der Waals surface area contributed by atoms with Gasteiger partial charge in [-0.25, -0.2) is 14.4 Å². The molecule has 0 saturated heterocycles. The molecular formula is C23H33Br6N3O9. The number of carbonyl (C=O) groups is 6. The van der Waals surface area contributed by atoms with Crippen LogP contribution in [0.15, 0.2) is 0 Å². The number of carbonyl (C=O) groups excluding carboxylic acids is 6. The standard InChI is InChI=1S/C23H33Br6N3O9/c1-12(33)30-18(2,3)15(36)39-9-21(8,10-40-16(37)19(4,5)31-13(34)22(24,25)26)11-41-17(38)20(6,7)32-14(35)23(27,28)29/h9-11H2,1-8H3,(H,30,33)(H,31,34)(H,32,35). The number of alkyl halides is 6. The molecule has 41 heavy (non-hydrogen) atoms. The van der Waals surface area contributed by atoms with Crippen molar-refractivity contribution in [1.29, 1.82) is 0 Å². The minimum Gasteiger partial charge on any atom is -0.463 e. The molecule has 0 fully saturated rings. The van der Waals surface area contributed by atoms with Gasteiger partial charge in [-0.15, -0.1) is 0 Å². The first kappa shape index (κ1) is 40.7. The van der Waals surface area contributed by atoms with Gasteiger partial charge in [0.05, 0.1) is 5.41 Å². The molecule has 0 unspecified atom stereocenters. The van der Waals surface area contributed by atoms with E-state index in [0.29, 0.717) is 0 Å². The average molecular weight is 975 g/mol. The lowest BCUT2D eigenvalue weighted by molar-refractivity contribution is -0.169. The minimum atomic E-state index is -1.49. The van der Waals surface area contributed by atoms with Crippen LogP contribution in [-0.2, 0) is 43.0 Å². The smallest absolute Gasteiger partial charge is 0.331 e. The van der Waals surface area contributed by atoms with Crippen molar-refractivity contribution in [2.45, 2.75) is 76.3 Å². The molecule has 0 aliphatic rings. The Morgan fingerprint density at radius 1 is 0.512 bits per heavy atom. The molecule has 236 valence electrons. The van der Waals surface area contributed by atoms with Gasteiger partial charge in [0.1, 0.15) is 36.4 Å². The Hall–Kier alpha value is -0.300. The summed E-state index contributed by atoms with van der Waals surface area (Å²) < 4.78 is 13.7. The predicted octanol–water partition coefficient (Wildman–Crippen LogP) is 4.00. The maximum Gasteiger partial charge on any atom is 0.331 e. The SMILES string of the molecule is CC(=O)NC(C)(C)C(=O)OCC(C)(COC(=O)C(C)(C)NC(=O)C(Br)(Br)Br)COC(=O)C(C)(C)NC(=O)C(Br)(Br)Br. The van der Waals surface area contributed by atoms with Crippen LogP contribution in [0, 0.1) is 5.41 Å². The van der Waals surface area contributed by atoms with Crippen molar-refractivity contribution in [2.24, 2.45) is 5.41 Å². The molecule has 0 aromatic heterocycles. The number of hydrogen-bond donors (Lipinski definition) is 3. The molecule has 0 aromatic rings. The number of rotatable bonds is 12. The molecule has 0 heterocycles. The van der Waals surface area contributed by atoms with Gasteiger partial charge in [-0.3, -0.25) is 14.4 Å². The van der Waals surface area contributed by atoms with Gasteiger partial charge in [-0.05, 0) is 144 Å². The zero-order valence-corrected chi connectivity index (χ0v) is 33.1. The summed E-state index contributed by atoms with van der Waals surface area (Å²) >= 11 is 18.4. The summed E-state index contributed by atoms with van der Waals surface area (Å²) in [5, 5.41) is 7.48. The number of hydrogen-bond acceptors (Lipinski definition) is 9. The largest absolute Gasteiger partial charge is 0.463 e. The van der Waals surface area contributed by atoms with Crippen LogP contribution in [0.5, 0.6) is 0 Å². The maximum atomic E-state index is 12.9. The molecule has 0 radical (unpaired) electrons. The number of esters is 3. The van der Waals surface area contributed by atoms with Crippen LogP contribution in [0.1, 0.15) is 55.4 Å². The normalized spacial score (nSPS) is 13.0. The molecule has 18 heteroatoms. The van der Waals surface area contributed by atoms with E-state index < -0.39 is 81.8 Å². The zero-order chi connectivity index (χ0) is 32.8. The van der Waals surface area contributed by atoms with E-state index in [1.165, 1.54) is 55.4 Å². The van der Waals surface area contributed by atoms with Gasteiger partial charge >= 0.3 is 17.9 Å². The fourth-order valence-electron chi connectivity index (χ4n) is 2.69. The molecule has 3 N–H and O–H groups in total. The Labute approximate surface area is 289 Å². The van der Waals surface area contributed by atoms with E-state index in [1.807, 2.05) is 0 Å². The average Bonchev–Trinajstić information content (AvgIpc) is 2.76. The molecule has 0 bridgehead atoms. The van der Waals surface area contributed by atoms with Crippen LogP contribution >= 0.6 is 95.6 Å². The van der Waals surface area contributed by atoms with Gasteiger partial charge < -0.3 is 30.2 Å². The molecule has 0 aromatic carbocycles. The zero-order valence-electron chi connectivity index (χ0n) is 23.6. The lowest BCUT2D eigenvalue weighted by Gasteiger charge is -2.33. The molecule has 0 aliphatic carbocycles. The van der Waals surface area contributed by atoms with Gasteiger partial charge in [0.25, 0.3) is 11.8 Å². The maximum absolute atomic E-state index is 12.9. The van der Waals surface area contributed by atoms with Crippen molar-refractivity contribution in [1.82, 2.24) is 16.0 Å². The predicted molar refractivity (Wildman–Crippen MR) is 172 cm³/mol. The van der Waals surface area contributed by atoms with Crippen molar-refractivity contribution in [2.75, 3.05) is 19.8 Å². The Bertz CT molecular complexity index is 981. The summed E-state index contributed by atoms with van der Waals surface area (Å²) in [4.78, 5) is 74.6. The van der Waals surface area contributed by atoms with Crippen molar-refractivity contribution in [3.05, 3.63) is 0 Å². The summed E-state index contributed by atoms with van der Waals surface area (Å²) in [5.41, 5.74) is -5.64. The fourth-order valence-corrected chi connectivity index (χ4v) is 3.28. The van der Waals surface area contributed by atoms with E-state index in [-0.39, 0.29) is 0 Å². The summed E-state index contributed by atoms with van der Waals surface area (Å²) in [6, 6.07) is 0. The van der Waals surface area contributed by atoms with E-state index in [9.17, 15) is 28.8 Å². The molecule has 0 saturated carbocycles. The third kappa shape index (κ3) is 14.4. The second-order valence-corrected chi connectivity index (χ2v) is 24.5. The molecule has 0 rings (SSSR count). The summed E-state index contributed by atoms with van der Waals surface area (Å²) in [5.74, 6) is -4.14. The molecule has 0 spiro atoms. The molecule has 0 atom stereocenters. The van der Waals surface area contributed by atoms with E-state index >= 15 is 0 Å². The van der Waals surface area contributed by atoms with E-state index in [4.69, 9.17) is 14.2 Å². The third-order valence-corrected chi connectivity index (χ3v) is 7.20. The third-order valence-electron chi connectivity index (χ3n) is 5.04. The van der Waals surface area contributed by atoms with Crippen LogP contribution in [0.4, 0.5) is 0 Å². The fraction of sp³-hybridized carbons (Fsp3) is 0.739. The Morgan fingerprint density at radius 2 is 0.756 bits per heavy atom. The van der Waals surface area contributed by atoms with Crippen molar-refractivity contribution < 1.29 is 43.0 Å². The highest BCUT2D eigenvalue weighted by Gasteiger charge is 2.42. The number of halogens is 6. The molecular weight excluding hydrogens is 942 g/mol. The number of amides is 3. The Morgan fingerprint density at radius 3 is 0.976 bits per heavy atom. The quantitative estimate of drug-likeness (QED) is 0.149. The summed E-state index contributed by atoms with van der Waals surface area (Å²) in [6.07, 6.45) is 0. The first-order valence-corrected chi connectivity index (χ1v) is 16.4. The van der Waals surface area contributed by atoms with Crippen molar-refractivity contribution in [3.8, 4) is 0 Å². The second-order valence-electron chi connectivity index (χ2n) is 11.0. The van der Waals surface area contributed by atoms with Gasteiger partial charge in [0.2, 0.25) is 10.2 Å². The topological polar surface area (TPSA) is 166 Å². The second kappa shape index (κ2) is 15.1. The van der Waals surface area contributed by atoms with Crippen LogP contribution < -0.4 is 16.0 Å². The van der Waals surface area contributed by atoms with Crippen LogP contribution in [0.2, 0.25) is 0 Å². The van der Waals surface area contributed by atoms with Crippen LogP contribution in [-0.4, -0.2) is 76.4 Å². The van der Waals surface area contributed by atoms with Crippen LogP contribution in [0.25, 0.3) is 0 Å². The Balaban J connectivity index is 5.82. The van der Waals surface area contributed by atoms with Gasteiger partial charge in [0, 0.05) is 6.92 Å². The van der Waals surface area contributed by atoms with Gasteiger partial charge in [-0.1, -0.05) is 0 Å². The summed E-state index contributed by atoms with van der Waals surface area (Å²) in [7, 11) is 0. The van der Waals surface area contributed by atoms with E-state index in [2.05, 4.69) is 112 Å². The van der Waals surface area contributed by atoms with Gasteiger partial charge in [-0.2, -0.15) is 0 Å². The van der Waals surface area contributed by atoms with E-state index in [0.717, 1.165) is 0 Å². The highest BCUT2D eigenvalue weighted by Crippen LogP contribution is 2.35. The monoisotopic (exact) mass is 969 g/mol. The van der Waals surface area contributed by atoms with Crippen molar-refractivity contribution in [3.63, 3.8) is 0 Å². The van der Waals surface area contributed by atoms with Crippen molar-refractivity contribution >= 4 is 131 Å². The summed E-state index contributed by atoms with van der Waals surface area (Å²) in [6.45, 7) is 10.1. The lowest BCUT2D eigenvalue weighted by Crippen LogP contribution is -2.55. The minimum absolute atomic E-state index is 0.393. The highest BCUT2D eigenvalue weighted by molar-refractivity contribution is 9.40. The van der Waals surface area contributed by atoms with Gasteiger partial charge in [0.15, 0.2) is 0 Å². The molecule has 0 aliphatic heterocycles. The first-order valence-electron chi connectivity index (χ1n) is 11.6.